The molecule has 0 radical (unpaired) electrons. The second-order valence-electron chi connectivity index (χ2n) is 12.8. The van der Waals surface area contributed by atoms with E-state index < -0.39 is 35.6 Å². The lowest BCUT2D eigenvalue weighted by Crippen LogP contribution is -2.58. The number of carbonyl (C=O) groups excluding carboxylic acids is 3. The first-order chi connectivity index (χ1) is 22.3. The molecule has 236 valence electrons. The third-order valence-corrected chi connectivity index (χ3v) is 10.0. The number of ether oxygens (including phenoxy) is 1. The highest BCUT2D eigenvalue weighted by atomic mass is 16.5. The maximum absolute atomic E-state index is 15.0. The van der Waals surface area contributed by atoms with E-state index in [0.29, 0.717) is 26.1 Å². The summed E-state index contributed by atoms with van der Waals surface area (Å²) in [6.45, 7) is 4.69. The molecule has 0 aliphatic carbocycles. The lowest BCUT2D eigenvalue weighted by Gasteiger charge is -2.39. The molecule has 3 aromatic rings. The highest BCUT2D eigenvalue weighted by molar-refractivity contribution is 6.06. The molecular formula is C38H39N3O5. The quantitative estimate of drug-likeness (QED) is 0.405. The van der Waals surface area contributed by atoms with Gasteiger partial charge in [0.15, 0.2) is 0 Å². The van der Waals surface area contributed by atoms with Gasteiger partial charge in [-0.2, -0.15) is 0 Å². The molecule has 8 nitrogen and oxygen atoms in total. The van der Waals surface area contributed by atoms with Crippen LogP contribution < -0.4 is 4.90 Å². The molecule has 6 atom stereocenters. The van der Waals surface area contributed by atoms with E-state index in [-0.39, 0.29) is 24.3 Å². The van der Waals surface area contributed by atoms with E-state index in [1.54, 1.807) is 14.7 Å². The van der Waals surface area contributed by atoms with Crippen LogP contribution in [0.3, 0.4) is 0 Å². The van der Waals surface area contributed by atoms with Crippen LogP contribution in [0.5, 0.6) is 0 Å². The molecule has 1 spiro atoms. The summed E-state index contributed by atoms with van der Waals surface area (Å²) in [6.07, 6.45) is 7.26. The molecule has 7 rings (SSSR count). The van der Waals surface area contributed by atoms with Crippen molar-refractivity contribution in [2.45, 2.75) is 50.6 Å². The molecule has 8 heteroatoms. The lowest BCUT2D eigenvalue weighted by molar-refractivity contribution is -0.147. The van der Waals surface area contributed by atoms with Crippen LogP contribution in [0, 0.1) is 25.7 Å². The van der Waals surface area contributed by atoms with Crippen LogP contribution >= 0.6 is 0 Å². The van der Waals surface area contributed by atoms with Gasteiger partial charge in [-0.25, -0.2) is 0 Å². The molecule has 3 aromatic carbocycles. The minimum Gasteiger partial charge on any atom is -0.394 e. The monoisotopic (exact) mass is 617 g/mol. The smallest absolute Gasteiger partial charge is 0.253 e. The zero-order valence-corrected chi connectivity index (χ0v) is 26.2. The number of rotatable bonds is 7. The van der Waals surface area contributed by atoms with E-state index in [1.807, 2.05) is 117 Å². The minimum absolute atomic E-state index is 0.171. The number of hydrogen-bond acceptors (Lipinski definition) is 5. The number of amides is 3. The number of likely N-dealkylation sites (tertiary alicyclic amines) is 1. The molecule has 2 saturated heterocycles. The molecule has 4 aliphatic heterocycles. The van der Waals surface area contributed by atoms with Crippen LogP contribution in [-0.2, 0) is 32.1 Å². The zero-order chi connectivity index (χ0) is 32.0. The molecule has 3 amide bonds. The van der Waals surface area contributed by atoms with Gasteiger partial charge in [-0.05, 0) is 42.5 Å². The maximum atomic E-state index is 15.0. The summed E-state index contributed by atoms with van der Waals surface area (Å²) < 4.78 is 6.86. The average molecular weight is 618 g/mol. The first kappa shape index (κ1) is 30.1. The SMILES string of the molecule is Cc1cccc(C)c1N1CC=C[C@]23O[C@@H]4C=CCN(Cc5ccccc5)C(=O)[C@@H]4[C@H]2C(=O)N([C@@H](CO)Cc2ccccc2)C3C1=O. The van der Waals surface area contributed by atoms with Gasteiger partial charge in [0.25, 0.3) is 5.91 Å². The first-order valence-electron chi connectivity index (χ1n) is 16.0. The Morgan fingerprint density at radius 2 is 1.50 bits per heavy atom. The van der Waals surface area contributed by atoms with Crippen LogP contribution in [-0.4, -0.2) is 76.1 Å². The number of nitrogens with zero attached hydrogens (tertiary/aromatic N) is 3. The summed E-state index contributed by atoms with van der Waals surface area (Å²) in [5.41, 5.74) is 3.23. The third-order valence-electron chi connectivity index (χ3n) is 10.0. The summed E-state index contributed by atoms with van der Waals surface area (Å²) >= 11 is 0. The molecule has 0 bridgehead atoms. The van der Waals surface area contributed by atoms with Gasteiger partial charge in [0.1, 0.15) is 11.6 Å². The summed E-state index contributed by atoms with van der Waals surface area (Å²) in [7, 11) is 0. The van der Waals surface area contributed by atoms with Gasteiger partial charge in [0.05, 0.1) is 30.6 Å². The van der Waals surface area contributed by atoms with E-state index in [4.69, 9.17) is 4.74 Å². The fraction of sp³-hybridized carbons (Fsp3) is 0.342. The van der Waals surface area contributed by atoms with Gasteiger partial charge in [-0.3, -0.25) is 14.4 Å². The van der Waals surface area contributed by atoms with Crippen LogP contribution in [0.4, 0.5) is 5.69 Å². The number of benzene rings is 3. The number of aryl methyl sites for hydroxylation is 2. The fourth-order valence-corrected chi connectivity index (χ4v) is 8.04. The Bertz CT molecular complexity index is 1690. The molecule has 2 fully saturated rings. The summed E-state index contributed by atoms with van der Waals surface area (Å²) in [6, 6.07) is 23.6. The first-order valence-corrected chi connectivity index (χ1v) is 16.0. The van der Waals surface area contributed by atoms with E-state index in [9.17, 15) is 19.5 Å². The number of anilines is 1. The Balaban J connectivity index is 1.33. The molecule has 4 aliphatic rings. The Hall–Kier alpha value is -4.53. The molecule has 1 unspecified atom stereocenters. The Morgan fingerprint density at radius 1 is 0.826 bits per heavy atom. The van der Waals surface area contributed by atoms with Crippen LogP contribution in [0.2, 0.25) is 0 Å². The number of hydrogen-bond donors (Lipinski definition) is 1. The molecule has 46 heavy (non-hydrogen) atoms. The molecule has 1 N–H and O–H groups in total. The largest absolute Gasteiger partial charge is 0.394 e. The van der Waals surface area contributed by atoms with Crippen molar-refractivity contribution in [2.24, 2.45) is 11.8 Å². The predicted octanol–water partition coefficient (Wildman–Crippen LogP) is 3.99. The molecule has 0 aromatic heterocycles. The zero-order valence-electron chi connectivity index (χ0n) is 26.2. The fourth-order valence-electron chi connectivity index (χ4n) is 8.04. The van der Waals surface area contributed by atoms with Crippen molar-refractivity contribution in [3.05, 3.63) is 125 Å². The third kappa shape index (κ3) is 4.87. The van der Waals surface area contributed by atoms with Crippen LogP contribution in [0.25, 0.3) is 0 Å². The van der Waals surface area contributed by atoms with Crippen molar-refractivity contribution >= 4 is 23.4 Å². The van der Waals surface area contributed by atoms with Crippen molar-refractivity contribution < 1.29 is 24.2 Å². The molecular weight excluding hydrogens is 578 g/mol. The number of aliphatic hydroxyl groups excluding tert-OH is 1. The standard InChI is InChI=1S/C38H39N3O5/c1-25-12-9-13-26(2)33(25)40-21-11-19-38-32(31-30(46-38)18-10-20-39(35(31)43)23-28-16-7-4-8-17-28)36(44)41(34(38)37(40)45)29(24-42)22-27-14-5-3-6-15-27/h3-19,29-32,34,42H,20-24H2,1-2H3/t29-,30-,31+,32+,34?,38+/m1/s1. The van der Waals surface area contributed by atoms with E-state index >= 15 is 0 Å². The maximum Gasteiger partial charge on any atom is 0.253 e. The molecule has 0 saturated carbocycles. The number of para-hydroxylation sites is 1. The lowest BCUT2D eigenvalue weighted by atomic mass is 9.77. The van der Waals surface area contributed by atoms with Crippen molar-refractivity contribution in [3.63, 3.8) is 0 Å². The van der Waals surface area contributed by atoms with Crippen LogP contribution in [0.15, 0.2) is 103 Å². The number of aliphatic hydroxyl groups is 1. The number of fused-ring (bicyclic) bond motifs is 2. The van der Waals surface area contributed by atoms with Gasteiger partial charge in [-0.15, -0.1) is 0 Å². The predicted molar refractivity (Wildman–Crippen MR) is 175 cm³/mol. The topological polar surface area (TPSA) is 90.4 Å². The summed E-state index contributed by atoms with van der Waals surface area (Å²) in [5.74, 6) is -2.53. The van der Waals surface area contributed by atoms with Gasteiger partial charge < -0.3 is 24.5 Å². The Kier molecular flexibility index (Phi) is 7.87. The van der Waals surface area contributed by atoms with Gasteiger partial charge in [0, 0.05) is 25.3 Å². The second kappa shape index (κ2) is 12.0. The highest BCUT2D eigenvalue weighted by Crippen LogP contribution is 2.54. The van der Waals surface area contributed by atoms with Crippen molar-refractivity contribution in [1.82, 2.24) is 9.80 Å². The van der Waals surface area contributed by atoms with Crippen molar-refractivity contribution in [3.8, 4) is 0 Å². The van der Waals surface area contributed by atoms with E-state index in [0.717, 1.165) is 27.9 Å². The summed E-state index contributed by atoms with van der Waals surface area (Å²) in [4.78, 5) is 49.4. The molecule has 4 heterocycles. The van der Waals surface area contributed by atoms with E-state index in [2.05, 4.69) is 0 Å². The summed E-state index contributed by atoms with van der Waals surface area (Å²) in [5, 5.41) is 10.8. The number of carbonyl (C=O) groups is 3. The van der Waals surface area contributed by atoms with Crippen LogP contribution in [0.1, 0.15) is 22.3 Å². The van der Waals surface area contributed by atoms with Gasteiger partial charge >= 0.3 is 0 Å². The highest BCUT2D eigenvalue weighted by Gasteiger charge is 2.72. The average Bonchev–Trinajstić information content (AvgIpc) is 3.39. The van der Waals surface area contributed by atoms with Gasteiger partial charge in [0.2, 0.25) is 11.8 Å². The second-order valence-corrected chi connectivity index (χ2v) is 12.8. The Morgan fingerprint density at radius 3 is 2.17 bits per heavy atom. The minimum atomic E-state index is -1.38. The Labute approximate surface area is 269 Å². The van der Waals surface area contributed by atoms with Crippen molar-refractivity contribution in [2.75, 3.05) is 24.6 Å². The van der Waals surface area contributed by atoms with E-state index in [1.165, 1.54) is 0 Å². The normalized spacial score (nSPS) is 27.7. The van der Waals surface area contributed by atoms with Gasteiger partial charge in [-0.1, -0.05) is 103 Å². The van der Waals surface area contributed by atoms with Crippen molar-refractivity contribution in [1.29, 1.82) is 0 Å².